The van der Waals surface area contributed by atoms with Crippen LogP contribution in [0.1, 0.15) is 63.2 Å². The average molecular weight is 523 g/mol. The predicted molar refractivity (Wildman–Crippen MR) is 126 cm³/mol. The molecule has 2 heterocycles. The van der Waals surface area contributed by atoms with Crippen molar-refractivity contribution in [2.24, 2.45) is 0 Å². The highest BCUT2D eigenvalue weighted by Crippen LogP contribution is 2.37. The van der Waals surface area contributed by atoms with Crippen LogP contribution in [0.25, 0.3) is 0 Å². The van der Waals surface area contributed by atoms with Crippen molar-refractivity contribution in [3.05, 3.63) is 27.0 Å². The van der Waals surface area contributed by atoms with Gasteiger partial charge in [0.25, 0.3) is 0 Å². The molecular weight excluding hydrogens is 492 g/mol. The van der Waals surface area contributed by atoms with E-state index in [1.54, 1.807) is 13.8 Å². The maximum Gasteiger partial charge on any atom is 0.303 e. The van der Waals surface area contributed by atoms with Gasteiger partial charge in [-0.05, 0) is 31.4 Å². The number of carbonyl (C=O) groups is 4. The summed E-state index contributed by atoms with van der Waals surface area (Å²) in [6, 6.07) is 2.12. The SMILES string of the molecule is CCc1c(C)c(C#N)c(=S)n([C@@H]2O[C@@H](COC(C)=O)[C@@H](OC(C)=O)[C@@H](OC(C)=O)[C@@H]2OC(C)=O)c1C. The highest BCUT2D eigenvalue weighted by Gasteiger charge is 2.53. The summed E-state index contributed by atoms with van der Waals surface area (Å²) in [4.78, 5) is 47.7. The third kappa shape index (κ3) is 6.27. The summed E-state index contributed by atoms with van der Waals surface area (Å²) in [6.07, 6.45) is -5.73. The minimum atomic E-state index is -1.34. The van der Waals surface area contributed by atoms with E-state index in [9.17, 15) is 24.4 Å². The number of nitrogens with zero attached hydrogens (tertiary/aromatic N) is 2. The number of hydrogen-bond donors (Lipinski definition) is 0. The lowest BCUT2D eigenvalue weighted by Gasteiger charge is -2.45. The molecule has 1 fully saturated rings. The van der Waals surface area contributed by atoms with Crippen LogP contribution in [0.3, 0.4) is 0 Å². The fourth-order valence-corrected chi connectivity index (χ4v) is 4.81. The molecule has 0 radical (unpaired) electrons. The number of rotatable bonds is 7. The molecule has 0 bridgehead atoms. The molecule has 12 heteroatoms. The van der Waals surface area contributed by atoms with E-state index in [-0.39, 0.29) is 16.8 Å². The second-order valence-corrected chi connectivity index (χ2v) is 8.68. The van der Waals surface area contributed by atoms with E-state index in [4.69, 9.17) is 35.9 Å². The molecule has 2 rings (SSSR count). The molecule has 0 N–H and O–H groups in total. The largest absolute Gasteiger partial charge is 0.463 e. The van der Waals surface area contributed by atoms with Gasteiger partial charge in [0.2, 0.25) is 0 Å². The van der Waals surface area contributed by atoms with Crippen molar-refractivity contribution in [2.75, 3.05) is 6.61 Å². The van der Waals surface area contributed by atoms with Gasteiger partial charge >= 0.3 is 23.9 Å². The van der Waals surface area contributed by atoms with Crippen LogP contribution in [0.4, 0.5) is 0 Å². The summed E-state index contributed by atoms with van der Waals surface area (Å²) < 4.78 is 29.4. The Morgan fingerprint density at radius 1 is 0.944 bits per heavy atom. The molecule has 0 unspecified atom stereocenters. The van der Waals surface area contributed by atoms with Gasteiger partial charge in [0.05, 0.1) is 5.56 Å². The van der Waals surface area contributed by atoms with Gasteiger partial charge in [-0.1, -0.05) is 19.1 Å². The number of esters is 4. The Labute approximate surface area is 214 Å². The van der Waals surface area contributed by atoms with Gasteiger partial charge in [-0.15, -0.1) is 0 Å². The predicted octanol–water partition coefficient (Wildman–Crippen LogP) is 2.52. The van der Waals surface area contributed by atoms with Gasteiger partial charge < -0.3 is 28.3 Å². The smallest absolute Gasteiger partial charge is 0.303 e. The van der Waals surface area contributed by atoms with Gasteiger partial charge in [0.1, 0.15) is 23.4 Å². The van der Waals surface area contributed by atoms with E-state index in [1.165, 1.54) is 11.5 Å². The highest BCUT2D eigenvalue weighted by molar-refractivity contribution is 7.71. The van der Waals surface area contributed by atoms with Crippen molar-refractivity contribution >= 4 is 36.1 Å². The molecule has 1 aromatic rings. The Balaban J connectivity index is 2.84. The molecule has 1 aliphatic heterocycles. The summed E-state index contributed by atoms with van der Waals surface area (Å²) in [5, 5.41) is 9.81. The van der Waals surface area contributed by atoms with Crippen LogP contribution in [-0.4, -0.2) is 59.5 Å². The molecule has 0 saturated carbocycles. The van der Waals surface area contributed by atoms with Gasteiger partial charge in [-0.25, -0.2) is 0 Å². The van der Waals surface area contributed by atoms with Crippen LogP contribution in [0, 0.1) is 29.8 Å². The van der Waals surface area contributed by atoms with Gasteiger partial charge in [-0.3, -0.25) is 19.2 Å². The van der Waals surface area contributed by atoms with E-state index >= 15 is 0 Å². The van der Waals surface area contributed by atoms with Crippen LogP contribution < -0.4 is 0 Å². The van der Waals surface area contributed by atoms with E-state index < -0.39 is 54.5 Å². The van der Waals surface area contributed by atoms with Crippen LogP contribution in [-0.2, 0) is 49.3 Å². The first-order chi connectivity index (χ1) is 16.8. The monoisotopic (exact) mass is 522 g/mol. The van der Waals surface area contributed by atoms with Gasteiger partial charge in [0.15, 0.2) is 24.5 Å². The van der Waals surface area contributed by atoms with Crippen molar-refractivity contribution in [3.63, 3.8) is 0 Å². The first-order valence-corrected chi connectivity index (χ1v) is 11.7. The second-order valence-electron chi connectivity index (χ2n) is 8.29. The molecule has 1 aliphatic rings. The maximum atomic E-state index is 12.1. The number of aromatic nitrogens is 1. The number of nitriles is 1. The molecule has 0 aromatic carbocycles. The lowest BCUT2D eigenvalue weighted by molar-refractivity contribution is -0.269. The van der Waals surface area contributed by atoms with Crippen molar-refractivity contribution < 1.29 is 42.9 Å². The first-order valence-electron chi connectivity index (χ1n) is 11.3. The minimum Gasteiger partial charge on any atom is -0.463 e. The number of ether oxygens (including phenoxy) is 5. The molecule has 0 aliphatic carbocycles. The summed E-state index contributed by atoms with van der Waals surface area (Å²) in [5.74, 6) is -2.81. The minimum absolute atomic E-state index is 0.116. The van der Waals surface area contributed by atoms with E-state index in [2.05, 4.69) is 6.07 Å². The van der Waals surface area contributed by atoms with Crippen molar-refractivity contribution in [2.45, 2.75) is 85.5 Å². The Kier molecular flexibility index (Phi) is 9.72. The van der Waals surface area contributed by atoms with Crippen LogP contribution in [0.2, 0.25) is 0 Å². The van der Waals surface area contributed by atoms with E-state index in [0.717, 1.165) is 26.3 Å². The Bertz CT molecular complexity index is 1150. The zero-order chi connectivity index (χ0) is 27.3. The summed E-state index contributed by atoms with van der Waals surface area (Å²) >= 11 is 5.63. The molecule has 5 atom stereocenters. The van der Waals surface area contributed by atoms with Crippen molar-refractivity contribution in [1.29, 1.82) is 5.26 Å². The molecule has 196 valence electrons. The summed E-state index contributed by atoms with van der Waals surface area (Å²) in [5.41, 5.74) is 2.41. The van der Waals surface area contributed by atoms with Gasteiger partial charge in [0, 0.05) is 33.4 Å². The van der Waals surface area contributed by atoms with Crippen LogP contribution in [0.5, 0.6) is 0 Å². The van der Waals surface area contributed by atoms with E-state index in [1.807, 2.05) is 6.92 Å². The fraction of sp³-hybridized carbons (Fsp3) is 0.583. The Morgan fingerprint density at radius 3 is 1.94 bits per heavy atom. The lowest BCUT2D eigenvalue weighted by atomic mass is 9.95. The topological polar surface area (TPSA) is 143 Å². The number of hydrogen-bond acceptors (Lipinski definition) is 11. The zero-order valence-corrected chi connectivity index (χ0v) is 22.1. The Morgan fingerprint density at radius 2 is 1.47 bits per heavy atom. The van der Waals surface area contributed by atoms with Crippen molar-refractivity contribution in [1.82, 2.24) is 4.57 Å². The molecule has 36 heavy (non-hydrogen) atoms. The normalized spacial score (nSPS) is 23.2. The quantitative estimate of drug-likeness (QED) is 0.296. The van der Waals surface area contributed by atoms with Crippen LogP contribution >= 0.6 is 12.2 Å². The summed E-state index contributed by atoms with van der Waals surface area (Å²) in [7, 11) is 0. The fourth-order valence-electron chi connectivity index (χ4n) is 4.37. The number of carbonyl (C=O) groups excluding carboxylic acids is 4. The van der Waals surface area contributed by atoms with E-state index in [0.29, 0.717) is 17.7 Å². The molecule has 0 spiro atoms. The third-order valence-electron chi connectivity index (χ3n) is 5.74. The Hall–Kier alpha value is -3.30. The zero-order valence-electron chi connectivity index (χ0n) is 21.3. The summed E-state index contributed by atoms with van der Waals surface area (Å²) in [6.45, 7) is 9.76. The third-order valence-corrected chi connectivity index (χ3v) is 6.15. The maximum absolute atomic E-state index is 12.1. The molecule has 1 aromatic heterocycles. The molecule has 11 nitrogen and oxygen atoms in total. The van der Waals surface area contributed by atoms with Gasteiger partial charge in [-0.2, -0.15) is 5.26 Å². The molecule has 1 saturated heterocycles. The molecular formula is C24H30N2O9S. The standard InChI is InChI=1S/C24H30N2O9S/c1-8-17-11(2)18(9-25)24(36)26(12(17)3)23-22(34-16(7)30)21(33-15(6)29)20(32-14(5)28)19(35-23)10-31-13(4)27/h19-23H,8,10H2,1-7H3/t19-,20+,21+,22-,23+/m0/s1. The number of pyridine rings is 1. The second kappa shape index (κ2) is 12.1. The van der Waals surface area contributed by atoms with Crippen LogP contribution in [0.15, 0.2) is 0 Å². The average Bonchev–Trinajstić information content (AvgIpc) is 2.75. The van der Waals surface area contributed by atoms with Crippen molar-refractivity contribution in [3.8, 4) is 6.07 Å². The lowest BCUT2D eigenvalue weighted by Crippen LogP contribution is -2.60. The molecule has 0 amide bonds. The first kappa shape index (κ1) is 28.9. The highest BCUT2D eigenvalue weighted by atomic mass is 32.1.